The average molecular weight is 336 g/mol. The van der Waals surface area contributed by atoms with Gasteiger partial charge in [0.05, 0.1) is 6.54 Å². The third-order valence-electron chi connectivity index (χ3n) is 3.14. The lowest BCUT2D eigenvalue weighted by Crippen LogP contribution is -2.38. The maximum Gasteiger partial charge on any atom is 0.191 e. The molecule has 1 heterocycles. The van der Waals surface area contributed by atoms with Gasteiger partial charge in [-0.05, 0) is 36.4 Å². The number of benzene rings is 1. The van der Waals surface area contributed by atoms with E-state index in [9.17, 15) is 4.39 Å². The molecule has 23 heavy (non-hydrogen) atoms. The summed E-state index contributed by atoms with van der Waals surface area (Å²) in [4.78, 5) is 9.40. The minimum atomic E-state index is -0.200. The van der Waals surface area contributed by atoms with Crippen molar-refractivity contribution < 1.29 is 4.39 Å². The van der Waals surface area contributed by atoms with E-state index >= 15 is 0 Å². The molecule has 6 nitrogen and oxygen atoms in total. The Hall–Kier alpha value is -2.09. The Morgan fingerprint density at radius 2 is 2.09 bits per heavy atom. The van der Waals surface area contributed by atoms with Crippen molar-refractivity contribution in [1.82, 2.24) is 25.4 Å². The first kappa shape index (κ1) is 17.3. The predicted octanol–water partition coefficient (Wildman–Crippen LogP) is 1.80. The molecule has 1 aromatic heterocycles. The van der Waals surface area contributed by atoms with Gasteiger partial charge in [0.25, 0.3) is 0 Å². The Morgan fingerprint density at radius 1 is 1.30 bits per heavy atom. The quantitative estimate of drug-likeness (QED) is 0.349. The van der Waals surface area contributed by atoms with Gasteiger partial charge in [-0.1, -0.05) is 0 Å². The lowest BCUT2D eigenvalue weighted by Gasteiger charge is -2.11. The lowest BCUT2D eigenvalue weighted by molar-refractivity contribution is 0.626. The summed E-state index contributed by atoms with van der Waals surface area (Å²) >= 11 is 1.71. The second-order valence-corrected chi connectivity index (χ2v) is 5.98. The van der Waals surface area contributed by atoms with Gasteiger partial charge in [-0.25, -0.2) is 9.37 Å². The van der Waals surface area contributed by atoms with Crippen LogP contribution in [0.5, 0.6) is 0 Å². The van der Waals surface area contributed by atoms with Crippen LogP contribution in [-0.2, 0) is 13.6 Å². The number of nitrogens with zero attached hydrogens (tertiary/aromatic N) is 4. The van der Waals surface area contributed by atoms with Crippen molar-refractivity contribution in [3.63, 3.8) is 0 Å². The monoisotopic (exact) mass is 336 g/mol. The van der Waals surface area contributed by atoms with Crippen molar-refractivity contribution in [3.05, 3.63) is 42.2 Å². The van der Waals surface area contributed by atoms with E-state index in [1.807, 2.05) is 7.05 Å². The normalized spacial score (nSPS) is 11.5. The van der Waals surface area contributed by atoms with Crippen molar-refractivity contribution in [2.24, 2.45) is 12.0 Å². The highest BCUT2D eigenvalue weighted by atomic mass is 32.2. The van der Waals surface area contributed by atoms with Crippen LogP contribution in [0, 0.1) is 5.82 Å². The summed E-state index contributed by atoms with van der Waals surface area (Å²) in [6.45, 7) is 1.38. The summed E-state index contributed by atoms with van der Waals surface area (Å²) in [6, 6.07) is 6.57. The van der Waals surface area contributed by atoms with Crippen LogP contribution in [0.1, 0.15) is 12.2 Å². The second kappa shape index (κ2) is 9.14. The summed E-state index contributed by atoms with van der Waals surface area (Å²) in [5.74, 6) is 2.34. The highest BCUT2D eigenvalue weighted by Gasteiger charge is 2.02. The van der Waals surface area contributed by atoms with Gasteiger partial charge in [-0.15, -0.1) is 11.8 Å². The van der Waals surface area contributed by atoms with Gasteiger partial charge >= 0.3 is 0 Å². The Morgan fingerprint density at radius 3 is 2.74 bits per heavy atom. The molecule has 0 bridgehead atoms. The van der Waals surface area contributed by atoms with E-state index in [4.69, 9.17) is 0 Å². The Bertz CT molecular complexity index is 625. The maximum absolute atomic E-state index is 12.8. The maximum atomic E-state index is 12.8. The number of halogens is 1. The number of guanidine groups is 1. The molecule has 2 aromatic rings. The summed E-state index contributed by atoms with van der Waals surface area (Å²) in [5.41, 5.74) is 0. The largest absolute Gasteiger partial charge is 0.356 e. The van der Waals surface area contributed by atoms with Gasteiger partial charge in [0.2, 0.25) is 0 Å². The smallest absolute Gasteiger partial charge is 0.191 e. The van der Waals surface area contributed by atoms with Crippen molar-refractivity contribution in [2.45, 2.75) is 17.9 Å². The fourth-order valence-electron chi connectivity index (χ4n) is 1.86. The van der Waals surface area contributed by atoms with Gasteiger partial charge < -0.3 is 10.6 Å². The molecule has 0 saturated carbocycles. The number of aryl methyl sites for hydroxylation is 1. The Balaban J connectivity index is 1.62. The zero-order valence-electron chi connectivity index (χ0n) is 13.3. The van der Waals surface area contributed by atoms with Crippen LogP contribution in [0.3, 0.4) is 0 Å². The van der Waals surface area contributed by atoms with Gasteiger partial charge in [-0.2, -0.15) is 5.10 Å². The predicted molar refractivity (Wildman–Crippen MR) is 90.9 cm³/mol. The molecule has 2 N–H and O–H groups in total. The van der Waals surface area contributed by atoms with Crippen molar-refractivity contribution in [2.75, 3.05) is 19.3 Å². The van der Waals surface area contributed by atoms with Crippen molar-refractivity contribution in [1.29, 1.82) is 0 Å². The van der Waals surface area contributed by atoms with E-state index in [2.05, 4.69) is 25.7 Å². The fraction of sp³-hybridized carbons (Fsp3) is 0.400. The standard InChI is InChI=1S/C15H21FN6S/c1-17-15(19-10-14-20-11-21-22(14)2)18-8-3-9-23-13-6-4-12(16)5-7-13/h4-7,11H,3,8-10H2,1-2H3,(H2,17,18,19). The minimum Gasteiger partial charge on any atom is -0.356 e. The van der Waals surface area contributed by atoms with Crippen LogP contribution in [0.4, 0.5) is 4.39 Å². The van der Waals surface area contributed by atoms with Gasteiger partial charge in [0, 0.05) is 25.5 Å². The first-order valence-electron chi connectivity index (χ1n) is 7.35. The summed E-state index contributed by atoms with van der Waals surface area (Å²) < 4.78 is 14.5. The molecule has 0 amide bonds. The number of aliphatic imine (C=N–C) groups is 1. The summed E-state index contributed by atoms with van der Waals surface area (Å²) in [6.07, 6.45) is 2.51. The van der Waals surface area contributed by atoms with Crippen LogP contribution >= 0.6 is 11.8 Å². The molecule has 0 aliphatic carbocycles. The second-order valence-electron chi connectivity index (χ2n) is 4.81. The van der Waals surface area contributed by atoms with Gasteiger partial charge in [0.1, 0.15) is 18.0 Å². The first-order valence-corrected chi connectivity index (χ1v) is 8.33. The molecule has 8 heteroatoms. The zero-order valence-corrected chi connectivity index (χ0v) is 14.1. The van der Waals surface area contributed by atoms with E-state index in [1.165, 1.54) is 18.5 Å². The van der Waals surface area contributed by atoms with Gasteiger partial charge in [-0.3, -0.25) is 9.67 Å². The molecule has 1 aromatic carbocycles. The third kappa shape index (κ3) is 5.90. The summed E-state index contributed by atoms with van der Waals surface area (Å²) in [5, 5.41) is 10.5. The molecule has 0 spiro atoms. The van der Waals surface area contributed by atoms with Crippen LogP contribution in [0.25, 0.3) is 0 Å². The number of thioether (sulfide) groups is 1. The van der Waals surface area contributed by atoms with Gasteiger partial charge in [0.15, 0.2) is 5.96 Å². The molecule has 124 valence electrons. The molecule has 0 aliphatic rings. The third-order valence-corrected chi connectivity index (χ3v) is 4.24. The lowest BCUT2D eigenvalue weighted by atomic mass is 10.4. The van der Waals surface area contributed by atoms with E-state index in [0.717, 1.165) is 35.4 Å². The van der Waals surface area contributed by atoms with Crippen LogP contribution in [0.15, 0.2) is 40.5 Å². The number of hydrogen-bond donors (Lipinski definition) is 2. The van der Waals surface area contributed by atoms with Crippen LogP contribution in [0.2, 0.25) is 0 Å². The molecule has 0 unspecified atom stereocenters. The molecule has 0 radical (unpaired) electrons. The number of nitrogens with one attached hydrogen (secondary N) is 2. The summed E-state index contributed by atoms with van der Waals surface area (Å²) in [7, 11) is 3.59. The molecule has 0 atom stereocenters. The fourth-order valence-corrected chi connectivity index (χ4v) is 2.72. The molecule has 0 fully saturated rings. The van der Waals surface area contributed by atoms with Crippen LogP contribution in [-0.4, -0.2) is 40.1 Å². The van der Waals surface area contributed by atoms with E-state index in [-0.39, 0.29) is 5.82 Å². The highest BCUT2D eigenvalue weighted by Crippen LogP contribution is 2.18. The Labute approximate surface area is 139 Å². The number of rotatable bonds is 7. The minimum absolute atomic E-state index is 0.200. The molecular weight excluding hydrogens is 315 g/mol. The topological polar surface area (TPSA) is 67.1 Å². The van der Waals surface area contributed by atoms with Crippen molar-refractivity contribution in [3.8, 4) is 0 Å². The van der Waals surface area contributed by atoms with Crippen LogP contribution < -0.4 is 10.6 Å². The molecular formula is C15H21FN6S. The Kier molecular flexibility index (Phi) is 6.86. The van der Waals surface area contributed by atoms with E-state index in [1.54, 1.807) is 35.6 Å². The molecule has 0 aliphatic heterocycles. The zero-order chi connectivity index (χ0) is 16.5. The first-order chi connectivity index (χ1) is 11.2. The average Bonchev–Trinajstić information content (AvgIpc) is 2.97. The SMILES string of the molecule is CN=C(NCCCSc1ccc(F)cc1)NCc1ncnn1C. The highest BCUT2D eigenvalue weighted by molar-refractivity contribution is 7.99. The van der Waals surface area contributed by atoms with E-state index < -0.39 is 0 Å². The molecule has 0 saturated heterocycles. The van der Waals surface area contributed by atoms with E-state index in [0.29, 0.717) is 6.54 Å². The molecule has 2 rings (SSSR count). The van der Waals surface area contributed by atoms with Crippen molar-refractivity contribution >= 4 is 17.7 Å². The number of hydrogen-bond acceptors (Lipinski definition) is 4. The number of aromatic nitrogens is 3.